The van der Waals surface area contributed by atoms with Gasteiger partial charge in [0.15, 0.2) is 5.96 Å². The van der Waals surface area contributed by atoms with Gasteiger partial charge in [-0.15, -0.1) is 24.0 Å². The van der Waals surface area contributed by atoms with E-state index in [1.54, 1.807) is 0 Å². The second-order valence-corrected chi connectivity index (χ2v) is 6.31. The van der Waals surface area contributed by atoms with Crippen LogP contribution >= 0.6 is 24.0 Å². The number of aliphatic imine (C=N–C) groups is 1. The summed E-state index contributed by atoms with van der Waals surface area (Å²) in [5, 5.41) is 6.71. The number of aryl methyl sites for hydroxylation is 1. The van der Waals surface area contributed by atoms with Crippen LogP contribution in [0.4, 0.5) is 0 Å². The van der Waals surface area contributed by atoms with E-state index in [0.717, 1.165) is 69.5 Å². The predicted octanol–water partition coefficient (Wildman–Crippen LogP) is 3.72. The molecule has 2 aromatic rings. The molecule has 7 heteroatoms. The van der Waals surface area contributed by atoms with Crippen LogP contribution in [0.2, 0.25) is 0 Å². The van der Waals surface area contributed by atoms with Crippen molar-refractivity contribution in [2.75, 3.05) is 32.8 Å². The Bertz CT molecular complexity index is 686. The molecular formula is C20H34IN5O. The maximum Gasteiger partial charge on any atom is 0.191 e. The molecule has 0 saturated carbocycles. The Morgan fingerprint density at radius 3 is 2.70 bits per heavy atom. The molecule has 0 saturated heterocycles. The Hall–Kier alpha value is -1.35. The standard InChI is InChI=1S/C20H33N5O.HI/c1-4-6-15-26-16-9-12-22-20(21-5-2)23-13-14-25-17(3)24-18-10-7-8-11-19(18)25;/h7-8,10-11H,4-6,9,12-16H2,1-3H3,(H2,21,22,23);1H. The van der Waals surface area contributed by atoms with E-state index >= 15 is 0 Å². The number of unbranched alkanes of at least 4 members (excludes halogenated alkanes) is 1. The van der Waals surface area contributed by atoms with Crippen molar-refractivity contribution >= 4 is 41.0 Å². The maximum absolute atomic E-state index is 5.58. The van der Waals surface area contributed by atoms with Crippen LogP contribution in [0.15, 0.2) is 29.3 Å². The molecule has 0 aliphatic rings. The molecule has 0 unspecified atom stereocenters. The van der Waals surface area contributed by atoms with E-state index in [4.69, 9.17) is 4.74 Å². The summed E-state index contributed by atoms with van der Waals surface area (Å²) < 4.78 is 7.82. The van der Waals surface area contributed by atoms with E-state index in [-0.39, 0.29) is 24.0 Å². The molecule has 0 atom stereocenters. The van der Waals surface area contributed by atoms with Crippen LogP contribution < -0.4 is 10.6 Å². The SMILES string of the molecule is CCCCOCCCN=C(NCC)NCCn1c(C)nc2ccccc21.I. The molecule has 0 spiro atoms. The van der Waals surface area contributed by atoms with Gasteiger partial charge in [0.2, 0.25) is 0 Å². The number of hydrogen-bond donors (Lipinski definition) is 2. The molecule has 2 rings (SSSR count). The third-order valence-corrected chi connectivity index (χ3v) is 4.18. The number of aromatic nitrogens is 2. The van der Waals surface area contributed by atoms with Gasteiger partial charge in [0.25, 0.3) is 0 Å². The van der Waals surface area contributed by atoms with Crippen LogP contribution in [0.3, 0.4) is 0 Å². The van der Waals surface area contributed by atoms with Gasteiger partial charge in [0.1, 0.15) is 5.82 Å². The van der Waals surface area contributed by atoms with Crippen molar-refractivity contribution in [1.82, 2.24) is 20.2 Å². The van der Waals surface area contributed by atoms with Crippen molar-refractivity contribution in [2.24, 2.45) is 4.99 Å². The zero-order valence-electron chi connectivity index (χ0n) is 16.8. The molecular weight excluding hydrogens is 453 g/mol. The van der Waals surface area contributed by atoms with Crippen LogP contribution in [0.25, 0.3) is 11.0 Å². The fourth-order valence-electron chi connectivity index (χ4n) is 2.81. The van der Waals surface area contributed by atoms with E-state index in [2.05, 4.69) is 64.1 Å². The summed E-state index contributed by atoms with van der Waals surface area (Å²) in [6.45, 7) is 11.2. The zero-order valence-corrected chi connectivity index (χ0v) is 19.2. The summed E-state index contributed by atoms with van der Waals surface area (Å²) in [5.41, 5.74) is 2.23. The summed E-state index contributed by atoms with van der Waals surface area (Å²) >= 11 is 0. The van der Waals surface area contributed by atoms with Gasteiger partial charge in [0, 0.05) is 39.4 Å². The molecule has 0 amide bonds. The van der Waals surface area contributed by atoms with Crippen molar-refractivity contribution in [3.63, 3.8) is 0 Å². The fraction of sp³-hybridized carbons (Fsp3) is 0.600. The highest BCUT2D eigenvalue weighted by Crippen LogP contribution is 2.14. The first-order chi connectivity index (χ1) is 12.8. The highest BCUT2D eigenvalue weighted by Gasteiger charge is 2.06. The van der Waals surface area contributed by atoms with Gasteiger partial charge in [-0.2, -0.15) is 0 Å². The average Bonchev–Trinajstić information content (AvgIpc) is 2.96. The Labute approximate surface area is 180 Å². The molecule has 6 nitrogen and oxygen atoms in total. The van der Waals surface area contributed by atoms with E-state index in [1.807, 2.05) is 6.07 Å². The Morgan fingerprint density at radius 1 is 1.15 bits per heavy atom. The highest BCUT2D eigenvalue weighted by molar-refractivity contribution is 14.0. The minimum absolute atomic E-state index is 0. The number of benzene rings is 1. The van der Waals surface area contributed by atoms with Crippen molar-refractivity contribution in [1.29, 1.82) is 0 Å². The molecule has 0 aliphatic heterocycles. The molecule has 27 heavy (non-hydrogen) atoms. The molecule has 2 N–H and O–H groups in total. The Morgan fingerprint density at radius 2 is 1.93 bits per heavy atom. The lowest BCUT2D eigenvalue weighted by molar-refractivity contribution is 0.130. The molecule has 0 fully saturated rings. The number of para-hydroxylation sites is 2. The quantitative estimate of drug-likeness (QED) is 0.220. The second kappa shape index (κ2) is 13.8. The number of halogens is 1. The topological polar surface area (TPSA) is 63.5 Å². The number of nitrogens with zero attached hydrogens (tertiary/aromatic N) is 3. The molecule has 0 aliphatic carbocycles. The summed E-state index contributed by atoms with van der Waals surface area (Å²) in [5.74, 6) is 1.90. The molecule has 0 radical (unpaired) electrons. The number of ether oxygens (including phenoxy) is 1. The monoisotopic (exact) mass is 487 g/mol. The fourth-order valence-corrected chi connectivity index (χ4v) is 2.81. The Balaban J connectivity index is 0.00000364. The van der Waals surface area contributed by atoms with Gasteiger partial charge < -0.3 is 19.9 Å². The Kier molecular flexibility index (Phi) is 12.1. The van der Waals surface area contributed by atoms with E-state index < -0.39 is 0 Å². The third kappa shape index (κ3) is 8.04. The van der Waals surface area contributed by atoms with Crippen molar-refractivity contribution in [2.45, 2.75) is 46.6 Å². The lowest BCUT2D eigenvalue weighted by Gasteiger charge is -2.13. The normalized spacial score (nSPS) is 11.4. The number of guanidine groups is 1. The largest absolute Gasteiger partial charge is 0.381 e. The number of nitrogens with one attached hydrogen (secondary N) is 2. The molecule has 1 aromatic carbocycles. The maximum atomic E-state index is 5.58. The summed E-state index contributed by atoms with van der Waals surface area (Å²) in [6.07, 6.45) is 3.26. The van der Waals surface area contributed by atoms with Crippen molar-refractivity contribution in [3.05, 3.63) is 30.1 Å². The average molecular weight is 487 g/mol. The minimum Gasteiger partial charge on any atom is -0.381 e. The number of hydrogen-bond acceptors (Lipinski definition) is 3. The number of imidazole rings is 1. The molecule has 1 aromatic heterocycles. The van der Waals surface area contributed by atoms with Gasteiger partial charge in [-0.3, -0.25) is 4.99 Å². The van der Waals surface area contributed by atoms with Crippen LogP contribution in [-0.4, -0.2) is 48.4 Å². The first-order valence-corrected chi connectivity index (χ1v) is 9.78. The highest BCUT2D eigenvalue weighted by atomic mass is 127. The summed E-state index contributed by atoms with van der Waals surface area (Å²) in [4.78, 5) is 9.24. The summed E-state index contributed by atoms with van der Waals surface area (Å²) in [7, 11) is 0. The molecule has 0 bridgehead atoms. The summed E-state index contributed by atoms with van der Waals surface area (Å²) in [6, 6.07) is 8.26. The number of fused-ring (bicyclic) bond motifs is 1. The lowest BCUT2D eigenvalue weighted by atomic mass is 10.3. The third-order valence-electron chi connectivity index (χ3n) is 4.18. The zero-order chi connectivity index (χ0) is 18.6. The molecule has 152 valence electrons. The minimum atomic E-state index is 0. The van der Waals surface area contributed by atoms with Gasteiger partial charge >= 0.3 is 0 Å². The van der Waals surface area contributed by atoms with Gasteiger partial charge in [-0.1, -0.05) is 25.5 Å². The smallest absolute Gasteiger partial charge is 0.191 e. The van der Waals surface area contributed by atoms with Crippen molar-refractivity contribution in [3.8, 4) is 0 Å². The van der Waals surface area contributed by atoms with Crippen LogP contribution in [0.1, 0.15) is 38.9 Å². The van der Waals surface area contributed by atoms with Crippen LogP contribution in [0.5, 0.6) is 0 Å². The van der Waals surface area contributed by atoms with E-state index in [1.165, 1.54) is 11.9 Å². The van der Waals surface area contributed by atoms with E-state index in [9.17, 15) is 0 Å². The van der Waals surface area contributed by atoms with E-state index in [0.29, 0.717) is 0 Å². The van der Waals surface area contributed by atoms with Crippen LogP contribution in [0, 0.1) is 6.92 Å². The van der Waals surface area contributed by atoms with Gasteiger partial charge in [0.05, 0.1) is 11.0 Å². The predicted molar refractivity (Wildman–Crippen MR) is 124 cm³/mol. The first kappa shape index (κ1) is 23.7. The lowest BCUT2D eigenvalue weighted by Crippen LogP contribution is -2.39. The molecule has 1 heterocycles. The van der Waals surface area contributed by atoms with Gasteiger partial charge in [-0.25, -0.2) is 4.98 Å². The van der Waals surface area contributed by atoms with Crippen LogP contribution in [-0.2, 0) is 11.3 Å². The van der Waals surface area contributed by atoms with Gasteiger partial charge in [-0.05, 0) is 38.8 Å². The number of rotatable bonds is 11. The second-order valence-electron chi connectivity index (χ2n) is 6.31. The van der Waals surface area contributed by atoms with Crippen molar-refractivity contribution < 1.29 is 4.74 Å². The first-order valence-electron chi connectivity index (χ1n) is 9.78.